The maximum Gasteiger partial charge on any atom is 0.0638 e. The third kappa shape index (κ3) is 5.05. The Hall–Kier alpha value is -0.730. The van der Waals surface area contributed by atoms with Crippen molar-refractivity contribution in [1.82, 2.24) is 0 Å². The molecule has 0 atom stereocenters. The number of benzene rings is 1. The summed E-state index contributed by atoms with van der Waals surface area (Å²) in [4.78, 5) is 0. The van der Waals surface area contributed by atoms with Crippen LogP contribution < -0.4 is 5.32 Å². The van der Waals surface area contributed by atoms with Gasteiger partial charge in [0.2, 0.25) is 0 Å². The van der Waals surface area contributed by atoms with Crippen molar-refractivity contribution in [2.45, 2.75) is 13.3 Å². The second kappa shape index (κ2) is 7.55. The first-order valence-corrected chi connectivity index (χ1v) is 5.86. The maximum absolute atomic E-state index is 5.66. The van der Waals surface area contributed by atoms with Crippen molar-refractivity contribution in [2.75, 3.05) is 31.0 Å². The molecule has 0 saturated carbocycles. The average molecular weight is 228 g/mol. The van der Waals surface area contributed by atoms with Crippen LogP contribution in [0, 0.1) is 0 Å². The number of anilines is 1. The third-order valence-corrected chi connectivity index (χ3v) is 2.31. The molecule has 2 nitrogen and oxygen atoms in total. The molecule has 1 N–H and O–H groups in total. The topological polar surface area (TPSA) is 21.3 Å². The molecular weight excluding hydrogens is 210 g/mol. The molecule has 84 valence electrons. The minimum atomic E-state index is 0.678. The number of rotatable bonds is 7. The molecule has 0 aliphatic heterocycles. The number of hydrogen-bond acceptors (Lipinski definition) is 2. The van der Waals surface area contributed by atoms with Gasteiger partial charge in [0.25, 0.3) is 0 Å². The number of ether oxygens (including phenoxy) is 1. The highest BCUT2D eigenvalue weighted by atomic mass is 35.5. The van der Waals surface area contributed by atoms with Gasteiger partial charge >= 0.3 is 0 Å². The lowest BCUT2D eigenvalue weighted by Crippen LogP contribution is -2.08. The van der Waals surface area contributed by atoms with Crippen molar-refractivity contribution in [2.24, 2.45) is 0 Å². The van der Waals surface area contributed by atoms with E-state index in [-0.39, 0.29) is 0 Å². The maximum atomic E-state index is 5.66. The Morgan fingerprint density at radius 2 is 2.00 bits per heavy atom. The Bertz CT molecular complexity index is 261. The fraction of sp³-hybridized carbons (Fsp3) is 0.500. The molecule has 0 aliphatic carbocycles. The fourth-order valence-corrected chi connectivity index (χ4v) is 1.53. The van der Waals surface area contributed by atoms with E-state index in [0.717, 1.165) is 31.9 Å². The summed E-state index contributed by atoms with van der Waals surface area (Å²) in [7, 11) is 0. The van der Waals surface area contributed by atoms with E-state index in [9.17, 15) is 0 Å². The van der Waals surface area contributed by atoms with E-state index in [1.807, 2.05) is 6.92 Å². The molecule has 1 rings (SSSR count). The Morgan fingerprint density at radius 3 is 2.60 bits per heavy atom. The molecule has 0 bridgehead atoms. The Morgan fingerprint density at radius 1 is 1.27 bits per heavy atom. The molecule has 0 heterocycles. The van der Waals surface area contributed by atoms with Crippen molar-refractivity contribution >= 4 is 17.3 Å². The Balaban J connectivity index is 2.29. The molecule has 0 spiro atoms. The van der Waals surface area contributed by atoms with E-state index in [1.165, 1.54) is 5.56 Å². The van der Waals surface area contributed by atoms with Gasteiger partial charge in [-0.05, 0) is 31.0 Å². The van der Waals surface area contributed by atoms with Crippen molar-refractivity contribution in [3.8, 4) is 0 Å². The van der Waals surface area contributed by atoms with Crippen LogP contribution >= 0.6 is 11.6 Å². The van der Waals surface area contributed by atoms with Gasteiger partial charge in [-0.3, -0.25) is 0 Å². The van der Waals surface area contributed by atoms with E-state index in [4.69, 9.17) is 16.3 Å². The van der Waals surface area contributed by atoms with Gasteiger partial charge < -0.3 is 10.1 Å². The van der Waals surface area contributed by atoms with Crippen LogP contribution in [0.1, 0.15) is 12.5 Å². The van der Waals surface area contributed by atoms with Gasteiger partial charge in [0, 0.05) is 24.7 Å². The molecule has 15 heavy (non-hydrogen) atoms. The lowest BCUT2D eigenvalue weighted by Gasteiger charge is -2.07. The molecular formula is C12H18ClNO. The van der Waals surface area contributed by atoms with Crippen LogP contribution in [0.3, 0.4) is 0 Å². The molecule has 0 aliphatic rings. The zero-order valence-corrected chi connectivity index (χ0v) is 9.89. The van der Waals surface area contributed by atoms with E-state index in [1.54, 1.807) is 0 Å². The molecule has 1 aromatic carbocycles. The molecule has 0 radical (unpaired) electrons. The lowest BCUT2D eigenvalue weighted by molar-refractivity contribution is 0.158. The molecule has 0 amide bonds. The fourth-order valence-electron chi connectivity index (χ4n) is 1.31. The summed E-state index contributed by atoms with van der Waals surface area (Å²) in [5, 5.41) is 3.29. The largest absolute Gasteiger partial charge is 0.383 e. The number of halogens is 1. The molecule has 0 fully saturated rings. The van der Waals surface area contributed by atoms with E-state index in [2.05, 4.69) is 29.6 Å². The van der Waals surface area contributed by atoms with Crippen LogP contribution in [0.5, 0.6) is 0 Å². The summed E-state index contributed by atoms with van der Waals surface area (Å²) in [6, 6.07) is 8.36. The highest BCUT2D eigenvalue weighted by molar-refractivity contribution is 6.17. The predicted octanol–water partition coefficient (Wildman–Crippen LogP) is 2.92. The van der Waals surface area contributed by atoms with Gasteiger partial charge in [-0.2, -0.15) is 0 Å². The third-order valence-electron chi connectivity index (χ3n) is 2.12. The first-order valence-electron chi connectivity index (χ1n) is 5.33. The van der Waals surface area contributed by atoms with Crippen LogP contribution in [0.15, 0.2) is 24.3 Å². The summed E-state index contributed by atoms with van der Waals surface area (Å²) in [5.74, 6) is 0.678. The standard InChI is InChI=1S/C12H18ClNO/c1-2-15-10-9-14-12-5-3-11(4-6-12)7-8-13/h3-6,14H,2,7-10H2,1H3. The summed E-state index contributed by atoms with van der Waals surface area (Å²) < 4.78 is 5.24. The van der Waals surface area contributed by atoms with Crippen LogP contribution in [0.2, 0.25) is 0 Å². The van der Waals surface area contributed by atoms with E-state index < -0.39 is 0 Å². The quantitative estimate of drug-likeness (QED) is 0.571. The Labute approximate surface area is 96.6 Å². The highest BCUT2D eigenvalue weighted by Gasteiger charge is 1.93. The summed E-state index contributed by atoms with van der Waals surface area (Å²) in [6.07, 6.45) is 0.931. The highest BCUT2D eigenvalue weighted by Crippen LogP contribution is 2.09. The first kappa shape index (κ1) is 12.3. The van der Waals surface area contributed by atoms with Crippen molar-refractivity contribution in [1.29, 1.82) is 0 Å². The van der Waals surface area contributed by atoms with Crippen LogP contribution in [0.4, 0.5) is 5.69 Å². The molecule has 0 unspecified atom stereocenters. The number of hydrogen-bond donors (Lipinski definition) is 1. The normalized spacial score (nSPS) is 10.3. The predicted molar refractivity (Wildman–Crippen MR) is 65.8 cm³/mol. The Kier molecular flexibility index (Phi) is 6.21. The van der Waals surface area contributed by atoms with Crippen LogP contribution in [-0.4, -0.2) is 25.6 Å². The monoisotopic (exact) mass is 227 g/mol. The van der Waals surface area contributed by atoms with E-state index in [0.29, 0.717) is 5.88 Å². The molecule has 3 heteroatoms. The van der Waals surface area contributed by atoms with Gasteiger partial charge in [-0.1, -0.05) is 12.1 Å². The van der Waals surface area contributed by atoms with Gasteiger partial charge in [0.1, 0.15) is 0 Å². The summed E-state index contributed by atoms with van der Waals surface area (Å²) in [6.45, 7) is 4.37. The zero-order chi connectivity index (χ0) is 10.9. The lowest BCUT2D eigenvalue weighted by atomic mass is 10.1. The minimum Gasteiger partial charge on any atom is -0.383 e. The second-order valence-corrected chi connectivity index (χ2v) is 3.64. The van der Waals surface area contributed by atoms with Gasteiger partial charge in [0.15, 0.2) is 0 Å². The number of nitrogens with one attached hydrogen (secondary N) is 1. The minimum absolute atomic E-state index is 0.678. The average Bonchev–Trinajstić information content (AvgIpc) is 2.27. The smallest absolute Gasteiger partial charge is 0.0638 e. The van der Waals surface area contributed by atoms with E-state index >= 15 is 0 Å². The SMILES string of the molecule is CCOCCNc1ccc(CCCl)cc1. The first-order chi connectivity index (χ1) is 7.36. The van der Waals surface area contributed by atoms with Gasteiger partial charge in [0.05, 0.1) is 6.61 Å². The molecule has 0 saturated heterocycles. The number of alkyl halides is 1. The van der Waals surface area contributed by atoms with Crippen LogP contribution in [0.25, 0.3) is 0 Å². The number of aryl methyl sites for hydroxylation is 1. The van der Waals surface area contributed by atoms with Gasteiger partial charge in [-0.15, -0.1) is 11.6 Å². The zero-order valence-electron chi connectivity index (χ0n) is 9.13. The second-order valence-electron chi connectivity index (χ2n) is 3.26. The van der Waals surface area contributed by atoms with Crippen LogP contribution in [-0.2, 0) is 11.2 Å². The van der Waals surface area contributed by atoms with Crippen molar-refractivity contribution < 1.29 is 4.74 Å². The summed E-state index contributed by atoms with van der Waals surface area (Å²) >= 11 is 5.66. The van der Waals surface area contributed by atoms with Gasteiger partial charge in [-0.25, -0.2) is 0 Å². The molecule has 0 aromatic heterocycles. The molecule has 1 aromatic rings. The van der Waals surface area contributed by atoms with Crippen molar-refractivity contribution in [3.05, 3.63) is 29.8 Å². The summed E-state index contributed by atoms with van der Waals surface area (Å²) in [5.41, 5.74) is 2.41. The van der Waals surface area contributed by atoms with Crippen molar-refractivity contribution in [3.63, 3.8) is 0 Å².